The largest absolute Gasteiger partial charge is 0.454 e. The molecule has 0 spiro atoms. The molecule has 0 saturated heterocycles. The lowest BCUT2D eigenvalue weighted by atomic mass is 9.90. The van der Waals surface area contributed by atoms with Gasteiger partial charge in [-0.1, -0.05) is 60.7 Å². The molecule has 2 aromatic heterocycles. The maximum absolute atomic E-state index is 10.2. The molecule has 0 radical (unpaired) electrons. The third-order valence-electron chi connectivity index (χ3n) is 7.37. The minimum Gasteiger partial charge on any atom is -0.454 e. The van der Waals surface area contributed by atoms with E-state index in [0.717, 1.165) is 60.3 Å². The minimum absolute atomic E-state index is 0.398. The number of aromatic nitrogens is 1. The molecular weight excluding hydrogens is 452 g/mol. The third kappa shape index (κ3) is 3.09. The molecule has 0 bridgehead atoms. The summed E-state index contributed by atoms with van der Waals surface area (Å²) in [5.74, 6) is 0. The minimum atomic E-state index is 0.398. The van der Waals surface area contributed by atoms with Crippen molar-refractivity contribution < 1.29 is 10.4 Å². The standard InChI is InChI=1S/C34H23N2O/c1-21-14-16-27-28-17-15-23(20-35)32(34(28)37-33(27)31(21)30-13-7-8-18-36(30)2)29-19-22-9-3-4-10-24(22)25-11-5-6-12-26(25)29/h3-19H,1-2H3/q+1/i19D. The van der Waals surface area contributed by atoms with Crippen molar-refractivity contribution in [2.45, 2.75) is 6.92 Å². The van der Waals surface area contributed by atoms with Gasteiger partial charge in [-0.3, -0.25) is 0 Å². The first-order chi connectivity index (χ1) is 18.6. The maximum atomic E-state index is 10.2. The van der Waals surface area contributed by atoms with Crippen molar-refractivity contribution in [3.05, 3.63) is 114 Å². The molecule has 0 aliphatic rings. The molecule has 0 saturated carbocycles. The number of nitriles is 1. The third-order valence-corrected chi connectivity index (χ3v) is 7.37. The van der Waals surface area contributed by atoms with E-state index >= 15 is 0 Å². The van der Waals surface area contributed by atoms with Crippen LogP contribution in [0, 0.1) is 18.3 Å². The SMILES string of the molecule is [2H]c1c(-c2c(C#N)ccc3c2oc2c(-c4cccc[n+]4C)c(C)ccc23)c2ccccc2c2ccccc12. The molecule has 3 heteroatoms. The number of fused-ring (bicyclic) bond motifs is 6. The Bertz CT molecular complexity index is 2130. The first kappa shape index (κ1) is 20.3. The summed E-state index contributed by atoms with van der Waals surface area (Å²) in [6.45, 7) is 2.09. The monoisotopic (exact) mass is 476 g/mol. The molecule has 37 heavy (non-hydrogen) atoms. The number of nitrogens with zero attached hydrogens (tertiary/aromatic N) is 2. The number of furan rings is 1. The van der Waals surface area contributed by atoms with E-state index in [1.54, 1.807) is 0 Å². The van der Waals surface area contributed by atoms with Gasteiger partial charge in [-0.25, -0.2) is 4.57 Å². The van der Waals surface area contributed by atoms with Gasteiger partial charge >= 0.3 is 0 Å². The summed E-state index contributed by atoms with van der Waals surface area (Å²) in [5, 5.41) is 16.0. The lowest BCUT2D eigenvalue weighted by Crippen LogP contribution is -2.30. The van der Waals surface area contributed by atoms with Crippen LogP contribution in [0.1, 0.15) is 12.5 Å². The van der Waals surface area contributed by atoms with Crippen molar-refractivity contribution >= 4 is 43.5 Å². The summed E-state index contributed by atoms with van der Waals surface area (Å²) in [6.07, 6.45) is 2.03. The Labute approximate surface area is 215 Å². The van der Waals surface area contributed by atoms with Gasteiger partial charge in [0, 0.05) is 28.5 Å². The summed E-state index contributed by atoms with van der Waals surface area (Å²) >= 11 is 0. The number of aryl methyl sites for hydroxylation is 2. The average Bonchev–Trinajstić information content (AvgIpc) is 3.32. The molecule has 2 heterocycles. The van der Waals surface area contributed by atoms with Crippen LogP contribution < -0.4 is 4.57 Å². The molecule has 0 fully saturated rings. The second-order valence-corrected chi connectivity index (χ2v) is 9.50. The second kappa shape index (κ2) is 8.05. The number of hydrogen-bond acceptors (Lipinski definition) is 2. The van der Waals surface area contributed by atoms with Crippen molar-refractivity contribution in [3.63, 3.8) is 0 Å². The van der Waals surface area contributed by atoms with E-state index in [1.165, 1.54) is 0 Å². The predicted octanol–water partition coefficient (Wildman–Crippen LogP) is 8.23. The van der Waals surface area contributed by atoms with Gasteiger partial charge in [0.05, 0.1) is 18.6 Å². The summed E-state index contributed by atoms with van der Waals surface area (Å²) in [4.78, 5) is 0. The van der Waals surface area contributed by atoms with E-state index in [2.05, 4.69) is 47.9 Å². The Balaban J connectivity index is 1.68. The molecule has 0 aliphatic heterocycles. The predicted molar refractivity (Wildman–Crippen MR) is 150 cm³/mol. The van der Waals surface area contributed by atoms with Gasteiger partial charge in [-0.05, 0) is 63.8 Å². The molecule has 7 aromatic rings. The zero-order chi connectivity index (χ0) is 26.0. The highest BCUT2D eigenvalue weighted by atomic mass is 16.3. The van der Waals surface area contributed by atoms with Crippen molar-refractivity contribution in [2.75, 3.05) is 0 Å². The summed E-state index contributed by atoms with van der Waals surface area (Å²) in [7, 11) is 2.03. The van der Waals surface area contributed by atoms with Crippen LogP contribution in [0.4, 0.5) is 0 Å². The molecule has 0 aliphatic carbocycles. The molecule has 174 valence electrons. The highest BCUT2D eigenvalue weighted by Crippen LogP contribution is 2.44. The first-order valence-corrected chi connectivity index (χ1v) is 12.3. The molecule has 5 aromatic carbocycles. The van der Waals surface area contributed by atoms with E-state index in [0.29, 0.717) is 22.8 Å². The van der Waals surface area contributed by atoms with E-state index < -0.39 is 0 Å². The fourth-order valence-corrected chi connectivity index (χ4v) is 5.61. The molecule has 7 rings (SSSR count). The highest BCUT2D eigenvalue weighted by Gasteiger charge is 2.23. The van der Waals surface area contributed by atoms with Gasteiger partial charge in [-0.15, -0.1) is 0 Å². The van der Waals surface area contributed by atoms with E-state index in [9.17, 15) is 6.63 Å². The molecular formula is C34H23N2O+. The topological polar surface area (TPSA) is 40.8 Å². The Morgan fingerprint density at radius 2 is 1.41 bits per heavy atom. The normalized spacial score (nSPS) is 11.9. The van der Waals surface area contributed by atoms with Crippen LogP contribution in [0.25, 0.3) is 65.9 Å². The molecule has 0 unspecified atom stereocenters. The van der Waals surface area contributed by atoms with Gasteiger partial charge < -0.3 is 4.42 Å². The van der Waals surface area contributed by atoms with Gasteiger partial charge in [0.25, 0.3) is 0 Å². The maximum Gasteiger partial charge on any atom is 0.216 e. The van der Waals surface area contributed by atoms with Crippen LogP contribution >= 0.6 is 0 Å². The van der Waals surface area contributed by atoms with E-state index in [4.69, 9.17) is 4.42 Å². The fourth-order valence-electron chi connectivity index (χ4n) is 5.61. The van der Waals surface area contributed by atoms with Crippen LogP contribution in [0.5, 0.6) is 0 Å². The molecule has 0 N–H and O–H groups in total. The van der Waals surface area contributed by atoms with Crippen LogP contribution in [-0.4, -0.2) is 0 Å². The van der Waals surface area contributed by atoms with E-state index in [1.807, 2.05) is 73.9 Å². The van der Waals surface area contributed by atoms with Crippen molar-refractivity contribution in [3.8, 4) is 28.5 Å². The van der Waals surface area contributed by atoms with Crippen LogP contribution in [0.3, 0.4) is 0 Å². The Hall–Kier alpha value is -4.94. The molecule has 3 nitrogen and oxygen atoms in total. The Morgan fingerprint density at radius 3 is 2.19 bits per heavy atom. The summed E-state index contributed by atoms with van der Waals surface area (Å²) in [6, 6.07) is 33.1. The van der Waals surface area contributed by atoms with Crippen LogP contribution in [-0.2, 0) is 7.05 Å². The quantitative estimate of drug-likeness (QED) is 0.186. The van der Waals surface area contributed by atoms with Crippen molar-refractivity contribution in [1.29, 1.82) is 5.26 Å². The number of rotatable bonds is 2. The highest BCUT2D eigenvalue weighted by molar-refractivity contribution is 6.19. The second-order valence-electron chi connectivity index (χ2n) is 9.50. The average molecular weight is 477 g/mol. The Kier molecular flexibility index (Phi) is 4.41. The smallest absolute Gasteiger partial charge is 0.216 e. The summed E-state index contributed by atoms with van der Waals surface area (Å²) in [5.41, 5.74) is 6.51. The van der Waals surface area contributed by atoms with Gasteiger partial charge in [0.15, 0.2) is 6.20 Å². The Morgan fingerprint density at radius 1 is 0.730 bits per heavy atom. The molecule has 0 atom stereocenters. The number of pyridine rings is 1. The summed E-state index contributed by atoms with van der Waals surface area (Å²) < 4.78 is 18.2. The number of hydrogen-bond donors (Lipinski definition) is 0. The zero-order valence-electron chi connectivity index (χ0n) is 21.5. The van der Waals surface area contributed by atoms with Gasteiger partial charge in [-0.2, -0.15) is 5.26 Å². The van der Waals surface area contributed by atoms with Crippen LogP contribution in [0.2, 0.25) is 0 Å². The zero-order valence-corrected chi connectivity index (χ0v) is 20.5. The number of benzene rings is 5. The van der Waals surface area contributed by atoms with Crippen molar-refractivity contribution in [2.24, 2.45) is 7.05 Å². The van der Waals surface area contributed by atoms with Gasteiger partial charge in [0.2, 0.25) is 5.69 Å². The molecule has 0 amide bonds. The van der Waals surface area contributed by atoms with E-state index in [-0.39, 0.29) is 0 Å². The first-order valence-electron chi connectivity index (χ1n) is 12.8. The van der Waals surface area contributed by atoms with Crippen LogP contribution in [0.15, 0.2) is 108 Å². The lowest BCUT2D eigenvalue weighted by Gasteiger charge is -2.12. The fraction of sp³-hybridized carbons (Fsp3) is 0.0588. The van der Waals surface area contributed by atoms with Gasteiger partial charge in [0.1, 0.15) is 18.2 Å². The lowest BCUT2D eigenvalue weighted by molar-refractivity contribution is -0.660. The van der Waals surface area contributed by atoms with Crippen molar-refractivity contribution in [1.82, 2.24) is 0 Å².